The van der Waals surface area contributed by atoms with Gasteiger partial charge in [-0.3, -0.25) is 4.79 Å². The predicted octanol–water partition coefficient (Wildman–Crippen LogP) is 1.56. The quantitative estimate of drug-likeness (QED) is 0.633. The first-order valence-electron chi connectivity index (χ1n) is 7.47. The molecule has 3 aliphatic rings. The lowest BCUT2D eigenvalue weighted by Crippen LogP contribution is -2.46. The van der Waals surface area contributed by atoms with E-state index in [-0.39, 0.29) is 23.4 Å². The number of aromatic hydroxyl groups is 2. The molecule has 0 aromatic heterocycles. The second-order valence-electron chi connectivity index (χ2n) is 6.00. The number of rotatable bonds is 0. The molecule has 5 heteroatoms. The first kappa shape index (κ1) is 12.6. The molecule has 0 bridgehead atoms. The van der Waals surface area contributed by atoms with Crippen LogP contribution in [-0.2, 0) is 11.2 Å². The average Bonchev–Trinajstić information content (AvgIpc) is 2.49. The molecule has 1 atom stereocenters. The third kappa shape index (κ3) is 1.80. The minimum absolute atomic E-state index is 0.0305. The number of phenolic OH excluding ortho intramolecular Hbond substituents is 2. The predicted molar refractivity (Wildman–Crippen MR) is 76.8 cm³/mol. The molecule has 3 aliphatic heterocycles. The van der Waals surface area contributed by atoms with E-state index in [0.717, 1.165) is 54.6 Å². The Labute approximate surface area is 122 Å². The van der Waals surface area contributed by atoms with E-state index in [9.17, 15) is 15.0 Å². The molecule has 1 unspecified atom stereocenters. The van der Waals surface area contributed by atoms with E-state index >= 15 is 0 Å². The molecule has 1 aromatic rings. The molecule has 0 spiro atoms. The van der Waals surface area contributed by atoms with Crippen LogP contribution in [0.5, 0.6) is 11.5 Å². The summed E-state index contributed by atoms with van der Waals surface area (Å²) in [7, 11) is 0. The number of carbonyl (C=O) groups is 1. The summed E-state index contributed by atoms with van der Waals surface area (Å²) in [6.45, 7) is 1.60. The molecule has 1 aromatic carbocycles. The molecule has 0 aliphatic carbocycles. The molecule has 1 amide bonds. The number of hydrogen-bond donors (Lipinski definition) is 3. The van der Waals surface area contributed by atoms with Crippen molar-refractivity contribution in [2.24, 2.45) is 0 Å². The first-order chi connectivity index (χ1) is 10.1. The lowest BCUT2D eigenvalue weighted by molar-refractivity contribution is -0.131. The van der Waals surface area contributed by atoms with Crippen molar-refractivity contribution in [3.63, 3.8) is 0 Å². The van der Waals surface area contributed by atoms with Gasteiger partial charge in [0.25, 0.3) is 5.91 Å². The Hall–Kier alpha value is -2.17. The molecule has 110 valence electrons. The fourth-order valence-electron chi connectivity index (χ4n) is 3.75. The van der Waals surface area contributed by atoms with Gasteiger partial charge in [0.05, 0.1) is 6.04 Å². The van der Waals surface area contributed by atoms with Crippen molar-refractivity contribution in [3.05, 3.63) is 34.5 Å². The highest BCUT2D eigenvalue weighted by Crippen LogP contribution is 2.43. The Balaban J connectivity index is 1.79. The molecule has 3 heterocycles. The van der Waals surface area contributed by atoms with Gasteiger partial charge >= 0.3 is 0 Å². The van der Waals surface area contributed by atoms with E-state index in [1.54, 1.807) is 12.1 Å². The maximum atomic E-state index is 12.7. The van der Waals surface area contributed by atoms with Crippen molar-refractivity contribution >= 4 is 5.91 Å². The number of carbonyl (C=O) groups excluding carboxylic acids is 1. The van der Waals surface area contributed by atoms with Crippen molar-refractivity contribution in [3.8, 4) is 11.5 Å². The standard InChI is InChI=1S/C16H18N2O3/c19-14-6-9-3-5-18-13(11(9)7-15(14)20)8-12-10(16(18)21)2-1-4-17-12/h6-7,13,17,19-20H,1-5,8H2. The second kappa shape index (κ2) is 4.41. The normalized spacial score (nSPS) is 24.1. The minimum Gasteiger partial charge on any atom is -0.504 e. The topological polar surface area (TPSA) is 72.8 Å². The van der Waals surface area contributed by atoms with Crippen molar-refractivity contribution < 1.29 is 15.0 Å². The largest absolute Gasteiger partial charge is 0.504 e. The Bertz CT molecular complexity index is 666. The van der Waals surface area contributed by atoms with Crippen molar-refractivity contribution in [1.82, 2.24) is 10.2 Å². The minimum atomic E-state index is -0.112. The van der Waals surface area contributed by atoms with Crippen LogP contribution in [0.25, 0.3) is 0 Å². The summed E-state index contributed by atoms with van der Waals surface area (Å²) in [6, 6.07) is 3.21. The molecule has 5 nitrogen and oxygen atoms in total. The number of phenols is 2. The summed E-state index contributed by atoms with van der Waals surface area (Å²) in [4.78, 5) is 14.6. The van der Waals surface area contributed by atoms with Crippen LogP contribution in [0.2, 0.25) is 0 Å². The van der Waals surface area contributed by atoms with E-state index < -0.39 is 0 Å². The number of nitrogens with zero attached hydrogens (tertiary/aromatic N) is 1. The van der Waals surface area contributed by atoms with Gasteiger partial charge in [-0.15, -0.1) is 0 Å². The third-order valence-corrected chi connectivity index (χ3v) is 4.82. The Morgan fingerprint density at radius 1 is 1.19 bits per heavy atom. The van der Waals surface area contributed by atoms with Crippen LogP contribution < -0.4 is 5.32 Å². The van der Waals surface area contributed by atoms with Crippen LogP contribution in [0.15, 0.2) is 23.4 Å². The number of nitrogens with one attached hydrogen (secondary N) is 1. The smallest absolute Gasteiger partial charge is 0.252 e. The molecule has 0 radical (unpaired) electrons. The Morgan fingerprint density at radius 2 is 2.00 bits per heavy atom. The van der Waals surface area contributed by atoms with Crippen molar-refractivity contribution in [2.75, 3.05) is 13.1 Å². The molecular formula is C16H18N2O3. The van der Waals surface area contributed by atoms with Crippen LogP contribution in [0.3, 0.4) is 0 Å². The lowest BCUT2D eigenvalue weighted by Gasteiger charge is -2.43. The highest BCUT2D eigenvalue weighted by atomic mass is 16.3. The van der Waals surface area contributed by atoms with Crippen molar-refractivity contribution in [1.29, 1.82) is 0 Å². The summed E-state index contributed by atoms with van der Waals surface area (Å²) in [5.41, 5.74) is 3.99. The number of hydrogen-bond acceptors (Lipinski definition) is 4. The lowest BCUT2D eigenvalue weighted by atomic mass is 9.84. The highest BCUT2D eigenvalue weighted by Gasteiger charge is 2.39. The summed E-state index contributed by atoms with van der Waals surface area (Å²) in [6.07, 6.45) is 3.37. The highest BCUT2D eigenvalue weighted by molar-refractivity contribution is 5.96. The zero-order valence-electron chi connectivity index (χ0n) is 11.7. The van der Waals surface area contributed by atoms with Gasteiger partial charge in [0.2, 0.25) is 0 Å². The van der Waals surface area contributed by atoms with E-state index in [1.165, 1.54) is 0 Å². The Morgan fingerprint density at radius 3 is 2.86 bits per heavy atom. The third-order valence-electron chi connectivity index (χ3n) is 4.82. The van der Waals surface area contributed by atoms with E-state index in [1.807, 2.05) is 4.90 Å². The fraction of sp³-hybridized carbons (Fsp3) is 0.438. The average molecular weight is 286 g/mol. The summed E-state index contributed by atoms with van der Waals surface area (Å²) >= 11 is 0. The van der Waals surface area contributed by atoms with Gasteiger partial charge < -0.3 is 20.4 Å². The van der Waals surface area contributed by atoms with E-state index in [0.29, 0.717) is 6.54 Å². The SMILES string of the molecule is O=C1C2=C(CC3c4cc(O)c(O)cc4CCN13)NCCC2. The zero-order chi connectivity index (χ0) is 14.6. The van der Waals surface area contributed by atoms with Crippen LogP contribution in [0.1, 0.15) is 36.4 Å². The number of fused-ring (bicyclic) bond motifs is 3. The second-order valence-corrected chi connectivity index (χ2v) is 6.00. The van der Waals surface area contributed by atoms with Gasteiger partial charge in [0.1, 0.15) is 0 Å². The molecule has 0 fully saturated rings. The van der Waals surface area contributed by atoms with Gasteiger partial charge in [-0.05, 0) is 42.5 Å². The van der Waals surface area contributed by atoms with E-state index in [2.05, 4.69) is 5.32 Å². The van der Waals surface area contributed by atoms with Crippen LogP contribution in [-0.4, -0.2) is 34.1 Å². The number of amides is 1. The molecule has 4 rings (SSSR count). The van der Waals surface area contributed by atoms with Gasteiger partial charge in [-0.1, -0.05) is 0 Å². The van der Waals surface area contributed by atoms with Gasteiger partial charge in [-0.25, -0.2) is 0 Å². The molecule has 0 saturated heterocycles. The zero-order valence-corrected chi connectivity index (χ0v) is 11.7. The number of benzene rings is 1. The first-order valence-corrected chi connectivity index (χ1v) is 7.47. The maximum absolute atomic E-state index is 12.7. The van der Waals surface area contributed by atoms with Crippen LogP contribution >= 0.6 is 0 Å². The van der Waals surface area contributed by atoms with Crippen LogP contribution in [0.4, 0.5) is 0 Å². The summed E-state index contributed by atoms with van der Waals surface area (Å²) in [5, 5.41) is 22.8. The fourth-order valence-corrected chi connectivity index (χ4v) is 3.75. The van der Waals surface area contributed by atoms with Crippen LogP contribution in [0, 0.1) is 0 Å². The Kier molecular flexibility index (Phi) is 2.64. The molecular weight excluding hydrogens is 268 g/mol. The molecule has 21 heavy (non-hydrogen) atoms. The van der Waals surface area contributed by atoms with Gasteiger partial charge in [-0.2, -0.15) is 0 Å². The summed E-state index contributed by atoms with van der Waals surface area (Å²) in [5.74, 6) is -0.0638. The molecule has 3 N–H and O–H groups in total. The monoisotopic (exact) mass is 286 g/mol. The maximum Gasteiger partial charge on any atom is 0.252 e. The molecule has 0 saturated carbocycles. The summed E-state index contributed by atoms with van der Waals surface area (Å²) < 4.78 is 0. The van der Waals surface area contributed by atoms with Gasteiger partial charge in [0, 0.05) is 30.8 Å². The van der Waals surface area contributed by atoms with Gasteiger partial charge in [0.15, 0.2) is 11.5 Å². The van der Waals surface area contributed by atoms with E-state index in [4.69, 9.17) is 0 Å². The van der Waals surface area contributed by atoms with Crippen molar-refractivity contribution in [2.45, 2.75) is 31.7 Å².